The second-order valence-corrected chi connectivity index (χ2v) is 9.58. The van der Waals surface area contributed by atoms with Crippen molar-refractivity contribution >= 4 is 46.9 Å². The van der Waals surface area contributed by atoms with Gasteiger partial charge in [0, 0.05) is 34.3 Å². The van der Waals surface area contributed by atoms with Crippen molar-refractivity contribution in [2.45, 2.75) is 52.4 Å². The van der Waals surface area contributed by atoms with Gasteiger partial charge in [0.1, 0.15) is 6.10 Å². The summed E-state index contributed by atoms with van der Waals surface area (Å²) in [6, 6.07) is 12.1. The molecular weight excluding hydrogens is 451 g/mol. The normalized spacial score (nSPS) is 18.6. The van der Waals surface area contributed by atoms with Crippen molar-refractivity contribution in [2.75, 3.05) is 0 Å². The number of nitrogens with zero attached hydrogens (tertiary/aromatic N) is 1. The fourth-order valence-corrected chi connectivity index (χ4v) is 3.71. The number of aliphatic carboxylic acids is 1. The number of fused-ring (bicyclic) bond motifs is 1. The van der Waals surface area contributed by atoms with Crippen LogP contribution in [0.4, 0.5) is 5.69 Å². The third-order valence-corrected chi connectivity index (χ3v) is 5.15. The number of Topliss-reactive ketones (excluding diaryl/α,β-unsaturated/α-hetero) is 1. The van der Waals surface area contributed by atoms with Gasteiger partial charge >= 0.3 is 0 Å². The van der Waals surface area contributed by atoms with Gasteiger partial charge in [-0.05, 0) is 36.1 Å². The molecular formula is C24H28Cl2N2O4. The lowest BCUT2D eigenvalue weighted by molar-refractivity contribution is -0.134. The van der Waals surface area contributed by atoms with Gasteiger partial charge < -0.3 is 15.6 Å². The minimum Gasteiger partial charge on any atom is -0.481 e. The molecule has 0 fully saturated rings. The van der Waals surface area contributed by atoms with Crippen molar-refractivity contribution in [2.24, 2.45) is 16.1 Å². The molecule has 0 aliphatic carbocycles. The number of aliphatic imine (C=N–C) groups is 1. The molecule has 172 valence electrons. The monoisotopic (exact) mass is 478 g/mol. The Bertz CT molecular complexity index is 998. The molecule has 3 N–H and O–H groups in total. The Morgan fingerprint density at radius 2 is 1.78 bits per heavy atom. The second-order valence-electron chi connectivity index (χ2n) is 8.73. The van der Waals surface area contributed by atoms with Crippen molar-refractivity contribution in [3.63, 3.8) is 0 Å². The molecule has 0 saturated heterocycles. The maximum Gasteiger partial charge on any atom is 0.300 e. The Morgan fingerprint density at radius 3 is 2.38 bits per heavy atom. The molecule has 2 aromatic rings. The van der Waals surface area contributed by atoms with Crippen LogP contribution >= 0.6 is 23.2 Å². The zero-order chi connectivity index (χ0) is 24.1. The van der Waals surface area contributed by atoms with E-state index in [1.54, 1.807) is 18.2 Å². The molecule has 1 aliphatic heterocycles. The van der Waals surface area contributed by atoms with Gasteiger partial charge in [-0.25, -0.2) is 0 Å². The summed E-state index contributed by atoms with van der Waals surface area (Å²) < 4.78 is 6.24. The summed E-state index contributed by atoms with van der Waals surface area (Å²) in [7, 11) is 0. The molecule has 0 spiro atoms. The molecule has 0 amide bonds. The van der Waals surface area contributed by atoms with Crippen LogP contribution in [-0.4, -0.2) is 35.2 Å². The highest BCUT2D eigenvalue weighted by atomic mass is 35.5. The van der Waals surface area contributed by atoms with Gasteiger partial charge in [-0.3, -0.25) is 14.6 Å². The van der Waals surface area contributed by atoms with E-state index in [2.05, 4.69) is 4.99 Å². The van der Waals surface area contributed by atoms with Crippen molar-refractivity contribution in [1.82, 2.24) is 0 Å². The van der Waals surface area contributed by atoms with E-state index >= 15 is 0 Å². The molecule has 0 aromatic heterocycles. The van der Waals surface area contributed by atoms with Gasteiger partial charge in [-0.15, -0.1) is 0 Å². The van der Waals surface area contributed by atoms with E-state index in [1.165, 1.54) is 6.21 Å². The summed E-state index contributed by atoms with van der Waals surface area (Å²) in [5, 5.41) is 8.52. The highest BCUT2D eigenvalue weighted by Crippen LogP contribution is 2.40. The predicted octanol–water partition coefficient (Wildman–Crippen LogP) is 5.61. The summed E-state index contributed by atoms with van der Waals surface area (Å²) in [5.41, 5.74) is 8.32. The van der Waals surface area contributed by atoms with E-state index in [9.17, 15) is 4.79 Å². The minimum atomic E-state index is -0.871. The summed E-state index contributed by atoms with van der Waals surface area (Å²) in [6.07, 6.45) is 0.620. The van der Waals surface area contributed by atoms with Crippen LogP contribution in [0.1, 0.15) is 51.3 Å². The molecule has 6 nitrogen and oxygen atoms in total. The third kappa shape index (κ3) is 7.41. The SMILES string of the molecule is CC(=O)O.CC(C)(C)CC(N)C(=O)C1C=Nc2ccc(Cl)cc2C(c2ccccc2Cl)O1. The first-order valence-corrected chi connectivity index (χ1v) is 10.9. The smallest absolute Gasteiger partial charge is 0.300 e. The molecule has 8 heteroatoms. The number of carbonyl (C=O) groups is 2. The summed E-state index contributed by atoms with van der Waals surface area (Å²) >= 11 is 12.6. The highest BCUT2D eigenvalue weighted by Gasteiger charge is 2.33. The Morgan fingerprint density at radius 1 is 1.16 bits per heavy atom. The Balaban J connectivity index is 0.000000837. The number of carboxylic acid groups (broad SMARTS) is 1. The zero-order valence-electron chi connectivity index (χ0n) is 18.5. The lowest BCUT2D eigenvalue weighted by Crippen LogP contribution is -2.43. The Hall–Kier alpha value is -2.25. The number of ether oxygens (including phenoxy) is 1. The minimum absolute atomic E-state index is 0.0738. The number of carbonyl (C=O) groups excluding carboxylic acids is 1. The van der Waals surface area contributed by atoms with Gasteiger partial charge in [0.25, 0.3) is 5.97 Å². The molecule has 1 aliphatic rings. The first-order chi connectivity index (χ1) is 14.9. The quantitative estimate of drug-likeness (QED) is 0.594. The lowest BCUT2D eigenvalue weighted by Gasteiger charge is -2.26. The highest BCUT2D eigenvalue weighted by molar-refractivity contribution is 6.31. The van der Waals surface area contributed by atoms with Crippen LogP contribution in [0.3, 0.4) is 0 Å². The van der Waals surface area contributed by atoms with E-state index in [0.717, 1.165) is 18.1 Å². The molecule has 1 heterocycles. The topological polar surface area (TPSA) is 102 Å². The zero-order valence-corrected chi connectivity index (χ0v) is 20.0. The van der Waals surface area contributed by atoms with Crippen LogP contribution in [0.25, 0.3) is 0 Å². The van der Waals surface area contributed by atoms with Crippen LogP contribution in [0.5, 0.6) is 0 Å². The maximum atomic E-state index is 13.0. The fraction of sp³-hybridized carbons (Fsp3) is 0.375. The number of nitrogens with two attached hydrogens (primary N) is 1. The number of benzene rings is 2. The van der Waals surface area contributed by atoms with Gasteiger partial charge in [0.2, 0.25) is 0 Å². The Labute approximate surface area is 198 Å². The first-order valence-electron chi connectivity index (χ1n) is 10.1. The van der Waals surface area contributed by atoms with Gasteiger partial charge in [0.15, 0.2) is 11.9 Å². The molecule has 32 heavy (non-hydrogen) atoms. The van der Waals surface area contributed by atoms with Crippen LogP contribution in [0.15, 0.2) is 47.5 Å². The number of rotatable bonds is 4. The number of halogens is 2. The predicted molar refractivity (Wildman–Crippen MR) is 128 cm³/mol. The molecule has 0 bridgehead atoms. The van der Waals surface area contributed by atoms with Crippen molar-refractivity contribution < 1.29 is 19.4 Å². The van der Waals surface area contributed by atoms with Gasteiger partial charge in [-0.1, -0.05) is 62.2 Å². The first kappa shape index (κ1) is 26.0. The van der Waals surface area contributed by atoms with Gasteiger partial charge in [-0.2, -0.15) is 0 Å². The van der Waals surface area contributed by atoms with E-state index in [-0.39, 0.29) is 11.2 Å². The number of hydrogen-bond donors (Lipinski definition) is 2. The molecule has 0 radical (unpaired) electrons. The number of hydrogen-bond acceptors (Lipinski definition) is 5. The van der Waals surface area contributed by atoms with E-state index in [4.69, 9.17) is 43.6 Å². The van der Waals surface area contributed by atoms with Crippen molar-refractivity contribution in [1.29, 1.82) is 0 Å². The van der Waals surface area contributed by atoms with E-state index in [1.807, 2.05) is 45.0 Å². The molecule has 2 aromatic carbocycles. The summed E-state index contributed by atoms with van der Waals surface area (Å²) in [6.45, 7) is 7.23. The molecule has 3 unspecified atom stereocenters. The number of carboxylic acids is 1. The van der Waals surface area contributed by atoms with Crippen LogP contribution in [-0.2, 0) is 14.3 Å². The van der Waals surface area contributed by atoms with Crippen LogP contribution < -0.4 is 5.73 Å². The maximum absolute atomic E-state index is 13.0. The largest absolute Gasteiger partial charge is 0.481 e. The Kier molecular flexibility index (Phi) is 8.98. The van der Waals surface area contributed by atoms with Crippen molar-refractivity contribution in [3.8, 4) is 0 Å². The average Bonchev–Trinajstić information content (AvgIpc) is 2.85. The molecule has 3 atom stereocenters. The van der Waals surface area contributed by atoms with Crippen molar-refractivity contribution in [3.05, 3.63) is 63.6 Å². The van der Waals surface area contributed by atoms with Crippen LogP contribution in [0.2, 0.25) is 10.0 Å². The van der Waals surface area contributed by atoms with E-state index < -0.39 is 24.2 Å². The fourth-order valence-electron chi connectivity index (χ4n) is 3.30. The van der Waals surface area contributed by atoms with Gasteiger partial charge in [0.05, 0.1) is 11.7 Å². The molecule has 3 rings (SSSR count). The van der Waals surface area contributed by atoms with Crippen LogP contribution in [0, 0.1) is 5.41 Å². The third-order valence-electron chi connectivity index (χ3n) is 4.57. The lowest BCUT2D eigenvalue weighted by atomic mass is 9.86. The molecule has 0 saturated carbocycles. The summed E-state index contributed by atoms with van der Waals surface area (Å²) in [4.78, 5) is 26.5. The van der Waals surface area contributed by atoms with E-state index in [0.29, 0.717) is 22.2 Å². The average molecular weight is 479 g/mol. The summed E-state index contributed by atoms with van der Waals surface area (Å²) in [5.74, 6) is -1.03. The number of ketones is 1. The standard InChI is InChI=1S/C22H24Cl2N2O2.C2H4O2/c1-22(2,3)11-17(25)20(27)19-12-26-18-9-8-13(23)10-15(18)21(28-19)14-6-4-5-7-16(14)24;1-2(3)4/h4-10,12,17,19,21H,11,25H2,1-3H3;1H3,(H,3,4). The second kappa shape index (κ2) is 11.1.